The van der Waals surface area contributed by atoms with Gasteiger partial charge in [-0.25, -0.2) is 0 Å². The summed E-state index contributed by atoms with van der Waals surface area (Å²) < 4.78 is 1.70. The maximum Gasteiger partial charge on any atom is 0.269 e. The molecule has 3 rings (SSSR count). The summed E-state index contributed by atoms with van der Waals surface area (Å²) in [4.78, 5) is 11.6. The Bertz CT molecular complexity index is 614. The second-order valence-corrected chi connectivity index (χ2v) is 4.62. The van der Waals surface area contributed by atoms with Crippen molar-refractivity contribution in [2.45, 2.75) is 19.0 Å². The summed E-state index contributed by atoms with van der Waals surface area (Å²) >= 11 is 0. The van der Waals surface area contributed by atoms with E-state index in [1.807, 2.05) is 36.5 Å². The molecule has 0 radical (unpaired) electrons. The fourth-order valence-corrected chi connectivity index (χ4v) is 2.21. The van der Waals surface area contributed by atoms with Crippen molar-refractivity contribution in [2.24, 2.45) is 5.73 Å². The molecule has 0 fully saturated rings. The van der Waals surface area contributed by atoms with Crippen LogP contribution in [0.5, 0.6) is 0 Å². The molecule has 3 N–H and O–H groups in total. The van der Waals surface area contributed by atoms with Crippen LogP contribution in [0.1, 0.15) is 11.1 Å². The van der Waals surface area contributed by atoms with Gasteiger partial charge in [0.15, 0.2) is 5.82 Å². The number of anilines is 1. The van der Waals surface area contributed by atoms with Crippen molar-refractivity contribution in [1.29, 1.82) is 0 Å². The van der Waals surface area contributed by atoms with E-state index in [1.165, 1.54) is 0 Å². The van der Waals surface area contributed by atoms with Gasteiger partial charge in [-0.3, -0.25) is 14.7 Å². The zero-order valence-electron chi connectivity index (χ0n) is 10.6. The normalized spacial score (nSPS) is 17.6. The average molecular weight is 295 g/mol. The van der Waals surface area contributed by atoms with E-state index in [1.54, 1.807) is 4.68 Å². The average Bonchev–Trinajstić information content (AvgIpc) is 2.80. The molecule has 0 saturated carbocycles. The molecule has 0 saturated heterocycles. The number of hydroxylamine groups is 1. The largest absolute Gasteiger partial charge is 0.320 e. The number of hydrogen-bond acceptors (Lipinski definition) is 4. The molecule has 2 aromatic rings. The SMILES string of the molecule is Cl.N[C@H]1Cc2cn(Cc3ccccc3)nc2N(O)C1=O. The van der Waals surface area contributed by atoms with E-state index in [2.05, 4.69) is 5.10 Å². The molecule has 7 heteroatoms. The molecular weight excluding hydrogens is 280 g/mol. The van der Waals surface area contributed by atoms with Gasteiger partial charge in [-0.1, -0.05) is 30.3 Å². The fraction of sp³-hybridized carbons (Fsp3) is 0.231. The zero-order valence-corrected chi connectivity index (χ0v) is 11.5. The van der Waals surface area contributed by atoms with Crippen molar-refractivity contribution in [1.82, 2.24) is 9.78 Å². The second-order valence-electron chi connectivity index (χ2n) is 4.62. The highest BCUT2D eigenvalue weighted by Gasteiger charge is 2.32. The lowest BCUT2D eigenvalue weighted by molar-refractivity contribution is -0.125. The molecule has 1 aromatic heterocycles. The number of hydrogen-bond donors (Lipinski definition) is 2. The number of carbonyl (C=O) groups excluding carboxylic acids is 1. The topological polar surface area (TPSA) is 84.4 Å². The lowest BCUT2D eigenvalue weighted by atomic mass is 10.1. The van der Waals surface area contributed by atoms with E-state index in [0.29, 0.717) is 18.0 Å². The summed E-state index contributed by atoms with van der Waals surface area (Å²) in [6, 6.07) is 9.15. The van der Waals surface area contributed by atoms with E-state index in [-0.39, 0.29) is 18.2 Å². The van der Waals surface area contributed by atoms with E-state index in [9.17, 15) is 10.0 Å². The molecule has 20 heavy (non-hydrogen) atoms. The first-order valence-corrected chi connectivity index (χ1v) is 6.04. The van der Waals surface area contributed by atoms with Crippen molar-refractivity contribution >= 4 is 24.1 Å². The third kappa shape index (κ3) is 2.53. The highest BCUT2D eigenvalue weighted by molar-refractivity contribution is 5.97. The van der Waals surface area contributed by atoms with Gasteiger partial charge < -0.3 is 5.73 Å². The minimum atomic E-state index is -0.702. The number of benzene rings is 1. The molecule has 1 aliphatic rings. The van der Waals surface area contributed by atoms with E-state index >= 15 is 0 Å². The number of rotatable bonds is 2. The van der Waals surface area contributed by atoms with E-state index in [4.69, 9.17) is 5.73 Å². The lowest BCUT2D eigenvalue weighted by Crippen LogP contribution is -2.47. The van der Waals surface area contributed by atoms with Crippen molar-refractivity contribution in [2.75, 3.05) is 5.06 Å². The minimum absolute atomic E-state index is 0. The van der Waals surface area contributed by atoms with Gasteiger partial charge in [-0.2, -0.15) is 10.2 Å². The molecular formula is C13H15ClN4O2. The van der Waals surface area contributed by atoms with Crippen LogP contribution in [0.3, 0.4) is 0 Å². The van der Waals surface area contributed by atoms with Gasteiger partial charge in [-0.05, 0) is 5.56 Å². The van der Waals surface area contributed by atoms with Gasteiger partial charge in [0.1, 0.15) is 0 Å². The molecule has 0 spiro atoms. The maximum atomic E-state index is 11.6. The standard InChI is InChI=1S/C13H14N4O2.ClH/c14-11-6-10-8-16(7-9-4-2-1-3-5-9)15-12(10)17(19)13(11)18;/h1-5,8,11,19H,6-7,14H2;1H/t11-;/m0./s1. The molecule has 0 bridgehead atoms. The van der Waals surface area contributed by atoms with Gasteiger partial charge >= 0.3 is 0 Å². The number of carbonyl (C=O) groups is 1. The van der Waals surface area contributed by atoms with Crippen LogP contribution in [0.4, 0.5) is 5.82 Å². The van der Waals surface area contributed by atoms with Crippen LogP contribution in [-0.2, 0) is 17.8 Å². The Balaban J connectivity index is 0.00000147. The number of amides is 1. The summed E-state index contributed by atoms with van der Waals surface area (Å²) in [6.45, 7) is 0.588. The molecule has 0 unspecified atom stereocenters. The monoisotopic (exact) mass is 294 g/mol. The minimum Gasteiger partial charge on any atom is -0.320 e. The van der Waals surface area contributed by atoms with Gasteiger partial charge in [0.25, 0.3) is 5.91 Å². The van der Waals surface area contributed by atoms with E-state index < -0.39 is 11.9 Å². The molecule has 6 nitrogen and oxygen atoms in total. The number of nitrogens with two attached hydrogens (primary N) is 1. The predicted octanol–water partition coefficient (Wildman–Crippen LogP) is 0.959. The highest BCUT2D eigenvalue weighted by atomic mass is 35.5. The second kappa shape index (κ2) is 5.62. The molecule has 1 aromatic carbocycles. The van der Waals surface area contributed by atoms with Gasteiger partial charge in [0, 0.05) is 18.2 Å². The van der Waals surface area contributed by atoms with Crippen molar-refractivity contribution in [3.05, 3.63) is 47.7 Å². The third-order valence-electron chi connectivity index (χ3n) is 3.17. The van der Waals surface area contributed by atoms with Crippen molar-refractivity contribution < 1.29 is 10.0 Å². The Hall–Kier alpha value is -1.89. The summed E-state index contributed by atoms with van der Waals surface area (Å²) in [5.74, 6) is -0.236. The number of fused-ring (bicyclic) bond motifs is 1. The number of nitrogens with zero attached hydrogens (tertiary/aromatic N) is 3. The van der Waals surface area contributed by atoms with Crippen LogP contribution in [0.2, 0.25) is 0 Å². The Kier molecular flexibility index (Phi) is 4.08. The zero-order chi connectivity index (χ0) is 13.4. The quantitative estimate of drug-likeness (QED) is 0.808. The van der Waals surface area contributed by atoms with Crippen LogP contribution < -0.4 is 10.8 Å². The van der Waals surface area contributed by atoms with Crippen LogP contribution in [-0.4, -0.2) is 26.9 Å². The molecule has 2 heterocycles. The first kappa shape index (κ1) is 14.5. The smallest absolute Gasteiger partial charge is 0.269 e. The van der Waals surface area contributed by atoms with Crippen LogP contribution in [0, 0.1) is 0 Å². The van der Waals surface area contributed by atoms with Crippen LogP contribution >= 0.6 is 12.4 Å². The lowest BCUT2D eigenvalue weighted by Gasteiger charge is -2.22. The number of halogens is 1. The Morgan fingerprint density at radius 3 is 2.75 bits per heavy atom. The van der Waals surface area contributed by atoms with Crippen LogP contribution in [0.25, 0.3) is 0 Å². The predicted molar refractivity (Wildman–Crippen MR) is 76.0 cm³/mol. The molecule has 1 aliphatic heterocycles. The maximum absolute atomic E-state index is 11.6. The molecule has 0 aliphatic carbocycles. The summed E-state index contributed by atoms with van der Waals surface area (Å²) in [6.07, 6.45) is 2.22. The molecule has 1 amide bonds. The molecule has 1 atom stereocenters. The highest BCUT2D eigenvalue weighted by Crippen LogP contribution is 2.24. The van der Waals surface area contributed by atoms with Crippen LogP contribution in [0.15, 0.2) is 36.5 Å². The fourth-order valence-electron chi connectivity index (χ4n) is 2.21. The summed E-state index contributed by atoms with van der Waals surface area (Å²) in [5.41, 5.74) is 7.54. The van der Waals surface area contributed by atoms with Crippen molar-refractivity contribution in [3.8, 4) is 0 Å². The summed E-state index contributed by atoms with van der Waals surface area (Å²) in [7, 11) is 0. The van der Waals surface area contributed by atoms with E-state index in [0.717, 1.165) is 11.1 Å². The van der Waals surface area contributed by atoms with Gasteiger partial charge in [0.05, 0.1) is 12.6 Å². The number of aromatic nitrogens is 2. The Labute approximate surface area is 122 Å². The molecule has 106 valence electrons. The Morgan fingerprint density at radius 1 is 1.35 bits per heavy atom. The third-order valence-corrected chi connectivity index (χ3v) is 3.17. The van der Waals surface area contributed by atoms with Gasteiger partial charge in [0.2, 0.25) is 0 Å². The summed E-state index contributed by atoms with van der Waals surface area (Å²) in [5, 5.41) is 14.5. The first-order valence-electron chi connectivity index (χ1n) is 6.04. The first-order chi connectivity index (χ1) is 9.15. The van der Waals surface area contributed by atoms with Gasteiger partial charge in [-0.15, -0.1) is 12.4 Å². The Morgan fingerprint density at radius 2 is 2.05 bits per heavy atom. The van der Waals surface area contributed by atoms with Crippen molar-refractivity contribution in [3.63, 3.8) is 0 Å².